The molecule has 1 N–H and O–H groups in total. The fraction of sp³-hybridized carbons (Fsp3) is 0.263. The molecular formula is C19H19BrN2O5. The molecule has 0 fully saturated rings. The quantitative estimate of drug-likeness (QED) is 0.755. The molecule has 0 radical (unpaired) electrons. The molecule has 0 saturated carbocycles. The highest BCUT2D eigenvalue weighted by molar-refractivity contribution is 9.10. The first-order chi connectivity index (χ1) is 13.0. The van der Waals surface area contributed by atoms with E-state index in [-0.39, 0.29) is 31.5 Å². The van der Waals surface area contributed by atoms with Crippen molar-refractivity contribution in [2.75, 3.05) is 32.3 Å². The van der Waals surface area contributed by atoms with Gasteiger partial charge in [-0.1, -0.05) is 15.9 Å². The van der Waals surface area contributed by atoms with Gasteiger partial charge in [-0.05, 0) is 30.3 Å². The minimum absolute atomic E-state index is 0.0880. The van der Waals surface area contributed by atoms with Crippen LogP contribution in [-0.4, -0.2) is 39.2 Å². The molecule has 27 heavy (non-hydrogen) atoms. The van der Waals surface area contributed by atoms with Crippen molar-refractivity contribution in [1.29, 1.82) is 0 Å². The van der Waals surface area contributed by atoms with Crippen LogP contribution in [0.4, 0.5) is 5.69 Å². The predicted molar refractivity (Wildman–Crippen MR) is 103 cm³/mol. The van der Waals surface area contributed by atoms with E-state index in [4.69, 9.17) is 14.2 Å². The molecule has 0 atom stereocenters. The monoisotopic (exact) mass is 434 g/mol. The second-order valence-electron chi connectivity index (χ2n) is 5.84. The number of carbonyl (C=O) groups is 2. The third kappa shape index (κ3) is 4.33. The number of halogens is 1. The SMILES string of the molecule is COc1ccc(CNC(=O)CN2C(=O)COc3cc(Br)ccc32)c(OC)c1. The van der Waals surface area contributed by atoms with E-state index >= 15 is 0 Å². The van der Waals surface area contributed by atoms with Gasteiger partial charge in [-0.3, -0.25) is 14.5 Å². The van der Waals surface area contributed by atoms with Crippen LogP contribution in [0.1, 0.15) is 5.56 Å². The summed E-state index contributed by atoms with van der Waals surface area (Å²) in [5, 5.41) is 2.82. The highest BCUT2D eigenvalue weighted by Gasteiger charge is 2.27. The van der Waals surface area contributed by atoms with Gasteiger partial charge in [0.05, 0.1) is 19.9 Å². The molecular weight excluding hydrogens is 416 g/mol. The Morgan fingerprint density at radius 3 is 2.78 bits per heavy atom. The largest absolute Gasteiger partial charge is 0.497 e. The van der Waals surface area contributed by atoms with Crippen LogP contribution in [0, 0.1) is 0 Å². The number of ether oxygens (including phenoxy) is 3. The second-order valence-corrected chi connectivity index (χ2v) is 6.75. The van der Waals surface area contributed by atoms with Crippen molar-refractivity contribution >= 4 is 33.4 Å². The van der Waals surface area contributed by atoms with Gasteiger partial charge in [-0.25, -0.2) is 0 Å². The van der Waals surface area contributed by atoms with Gasteiger partial charge in [0.2, 0.25) is 5.91 Å². The van der Waals surface area contributed by atoms with Gasteiger partial charge in [-0.15, -0.1) is 0 Å². The van der Waals surface area contributed by atoms with Crippen molar-refractivity contribution in [2.24, 2.45) is 0 Å². The average molecular weight is 435 g/mol. The number of anilines is 1. The van der Waals surface area contributed by atoms with Gasteiger partial charge >= 0.3 is 0 Å². The van der Waals surface area contributed by atoms with Crippen LogP contribution in [0.15, 0.2) is 40.9 Å². The first-order valence-electron chi connectivity index (χ1n) is 8.22. The van der Waals surface area contributed by atoms with Crippen LogP contribution in [0.25, 0.3) is 0 Å². The molecule has 7 nitrogen and oxygen atoms in total. The number of hydrogen-bond donors (Lipinski definition) is 1. The summed E-state index contributed by atoms with van der Waals surface area (Å²) in [6.45, 7) is 0.0933. The molecule has 1 aliphatic heterocycles. The molecule has 142 valence electrons. The van der Waals surface area contributed by atoms with Gasteiger partial charge in [0, 0.05) is 22.6 Å². The first-order valence-corrected chi connectivity index (χ1v) is 9.01. The van der Waals surface area contributed by atoms with Crippen molar-refractivity contribution in [3.63, 3.8) is 0 Å². The Kier molecular flexibility index (Phi) is 5.85. The van der Waals surface area contributed by atoms with E-state index in [9.17, 15) is 9.59 Å². The van der Waals surface area contributed by atoms with E-state index in [2.05, 4.69) is 21.2 Å². The van der Waals surface area contributed by atoms with Gasteiger partial charge in [0.25, 0.3) is 5.91 Å². The predicted octanol–water partition coefficient (Wildman–Crippen LogP) is 2.51. The molecule has 3 rings (SSSR count). The lowest BCUT2D eigenvalue weighted by Gasteiger charge is -2.29. The van der Waals surface area contributed by atoms with Crippen molar-refractivity contribution in [2.45, 2.75) is 6.54 Å². The number of rotatable bonds is 6. The maximum atomic E-state index is 12.4. The number of nitrogens with zero attached hydrogens (tertiary/aromatic N) is 1. The van der Waals surface area contributed by atoms with E-state index in [0.29, 0.717) is 22.9 Å². The third-order valence-electron chi connectivity index (χ3n) is 4.14. The summed E-state index contributed by atoms with van der Waals surface area (Å²) < 4.78 is 16.8. The molecule has 0 aliphatic carbocycles. The second kappa shape index (κ2) is 8.30. The molecule has 2 amide bonds. The fourth-order valence-electron chi connectivity index (χ4n) is 2.74. The molecule has 0 bridgehead atoms. The van der Waals surface area contributed by atoms with E-state index in [1.165, 1.54) is 4.90 Å². The summed E-state index contributed by atoms with van der Waals surface area (Å²) in [5.41, 5.74) is 1.39. The first kappa shape index (κ1) is 19.0. The Morgan fingerprint density at radius 1 is 1.22 bits per heavy atom. The van der Waals surface area contributed by atoms with E-state index in [1.807, 2.05) is 6.07 Å². The van der Waals surface area contributed by atoms with Crippen LogP contribution < -0.4 is 24.4 Å². The highest BCUT2D eigenvalue weighted by Crippen LogP contribution is 2.34. The van der Waals surface area contributed by atoms with E-state index < -0.39 is 0 Å². The van der Waals surface area contributed by atoms with E-state index in [0.717, 1.165) is 10.0 Å². The normalized spacial score (nSPS) is 12.9. The number of nitrogens with one attached hydrogen (secondary N) is 1. The summed E-state index contributed by atoms with van der Waals surface area (Å²) in [6.07, 6.45) is 0. The zero-order chi connectivity index (χ0) is 19.4. The molecule has 2 aromatic carbocycles. The van der Waals surface area contributed by atoms with E-state index in [1.54, 1.807) is 44.6 Å². The highest BCUT2D eigenvalue weighted by atomic mass is 79.9. The van der Waals surface area contributed by atoms with Crippen LogP contribution in [0.3, 0.4) is 0 Å². The third-order valence-corrected chi connectivity index (χ3v) is 4.63. The Bertz CT molecular complexity index is 871. The lowest BCUT2D eigenvalue weighted by atomic mass is 10.2. The van der Waals surface area contributed by atoms with Crippen LogP contribution in [0.5, 0.6) is 17.2 Å². The molecule has 0 spiro atoms. The maximum absolute atomic E-state index is 12.4. The topological polar surface area (TPSA) is 77.1 Å². The number of hydrogen-bond acceptors (Lipinski definition) is 5. The van der Waals surface area contributed by atoms with Crippen molar-refractivity contribution < 1.29 is 23.8 Å². The Balaban J connectivity index is 1.67. The lowest BCUT2D eigenvalue weighted by Crippen LogP contribution is -2.45. The Morgan fingerprint density at radius 2 is 2.04 bits per heavy atom. The average Bonchev–Trinajstić information content (AvgIpc) is 2.68. The molecule has 0 aromatic heterocycles. The number of methoxy groups -OCH3 is 2. The van der Waals surface area contributed by atoms with Gasteiger partial charge in [0.15, 0.2) is 6.61 Å². The molecule has 2 aromatic rings. The maximum Gasteiger partial charge on any atom is 0.265 e. The molecule has 1 aliphatic rings. The molecule has 8 heteroatoms. The lowest BCUT2D eigenvalue weighted by molar-refractivity contribution is -0.125. The van der Waals surface area contributed by atoms with Crippen LogP contribution >= 0.6 is 15.9 Å². The Hall–Kier alpha value is -2.74. The minimum atomic E-state index is -0.281. The van der Waals surface area contributed by atoms with Crippen LogP contribution in [0.2, 0.25) is 0 Å². The van der Waals surface area contributed by atoms with Crippen LogP contribution in [-0.2, 0) is 16.1 Å². The zero-order valence-corrected chi connectivity index (χ0v) is 16.5. The number of amides is 2. The molecule has 1 heterocycles. The summed E-state index contributed by atoms with van der Waals surface area (Å²) >= 11 is 3.37. The summed E-state index contributed by atoms with van der Waals surface area (Å²) in [5.74, 6) is 1.31. The van der Waals surface area contributed by atoms with Crippen molar-refractivity contribution in [3.8, 4) is 17.2 Å². The van der Waals surface area contributed by atoms with Gasteiger partial charge in [-0.2, -0.15) is 0 Å². The minimum Gasteiger partial charge on any atom is -0.497 e. The van der Waals surface area contributed by atoms with Crippen molar-refractivity contribution in [3.05, 3.63) is 46.4 Å². The summed E-state index contributed by atoms with van der Waals surface area (Å²) in [4.78, 5) is 26.0. The number of benzene rings is 2. The number of fused-ring (bicyclic) bond motifs is 1. The standard InChI is InChI=1S/C19H19BrN2O5/c1-25-14-5-3-12(16(8-14)26-2)9-21-18(23)10-22-15-6-4-13(20)7-17(15)27-11-19(22)24/h3-8H,9-11H2,1-2H3,(H,21,23). The Labute approximate surface area is 165 Å². The summed E-state index contributed by atoms with van der Waals surface area (Å²) in [7, 11) is 3.13. The fourth-order valence-corrected chi connectivity index (χ4v) is 3.08. The molecule has 0 unspecified atom stereocenters. The summed E-state index contributed by atoms with van der Waals surface area (Å²) in [6, 6.07) is 10.7. The number of carbonyl (C=O) groups excluding carboxylic acids is 2. The van der Waals surface area contributed by atoms with Gasteiger partial charge in [0.1, 0.15) is 23.8 Å². The smallest absolute Gasteiger partial charge is 0.265 e. The van der Waals surface area contributed by atoms with Crippen molar-refractivity contribution in [1.82, 2.24) is 5.32 Å². The molecule has 0 saturated heterocycles. The zero-order valence-electron chi connectivity index (χ0n) is 15.0. The van der Waals surface area contributed by atoms with Gasteiger partial charge < -0.3 is 19.5 Å².